The minimum Gasteiger partial charge on any atom is -0.389 e. The molecule has 0 aliphatic rings. The van der Waals surface area contributed by atoms with Crippen molar-refractivity contribution < 1.29 is 0 Å². The zero-order valence-corrected chi connectivity index (χ0v) is 11.3. The second kappa shape index (κ2) is 5.85. The van der Waals surface area contributed by atoms with Gasteiger partial charge in [-0.2, -0.15) is 0 Å². The van der Waals surface area contributed by atoms with Gasteiger partial charge in [-0.3, -0.25) is 0 Å². The molecule has 0 saturated carbocycles. The third kappa shape index (κ3) is 3.22. The number of benzene rings is 2. The van der Waals surface area contributed by atoms with E-state index in [-0.39, 0.29) is 0 Å². The Morgan fingerprint density at radius 2 is 1.89 bits per heavy atom. The fraction of sp³-hybridized carbons (Fsp3) is 0.0714. The maximum absolute atomic E-state index is 5.98. The van der Waals surface area contributed by atoms with E-state index in [1.54, 1.807) is 6.07 Å². The van der Waals surface area contributed by atoms with Crippen LogP contribution in [-0.4, -0.2) is 4.99 Å². The standard InChI is InChI=1S/C14H13ClN2S/c15-11-6-7-12(14(16)18)13(8-11)17-9-10-4-2-1-3-5-10/h1-8,17H,9H2,(H2,16,18). The fourth-order valence-corrected chi connectivity index (χ4v) is 2.02. The normalized spacial score (nSPS) is 10.1. The van der Waals surface area contributed by atoms with Gasteiger partial charge in [0, 0.05) is 22.8 Å². The van der Waals surface area contributed by atoms with E-state index >= 15 is 0 Å². The zero-order valence-electron chi connectivity index (χ0n) is 9.69. The highest BCUT2D eigenvalue weighted by molar-refractivity contribution is 7.80. The van der Waals surface area contributed by atoms with E-state index in [0.717, 1.165) is 11.3 Å². The first-order valence-electron chi connectivity index (χ1n) is 5.54. The van der Waals surface area contributed by atoms with Crippen molar-refractivity contribution >= 4 is 34.5 Å². The Labute approximate surface area is 117 Å². The Bertz CT molecular complexity index is 555. The van der Waals surface area contributed by atoms with E-state index in [1.165, 1.54) is 5.56 Å². The summed E-state index contributed by atoms with van der Waals surface area (Å²) in [5.74, 6) is 0. The summed E-state index contributed by atoms with van der Waals surface area (Å²) in [7, 11) is 0. The molecule has 92 valence electrons. The Morgan fingerprint density at radius 1 is 1.17 bits per heavy atom. The number of hydrogen-bond acceptors (Lipinski definition) is 2. The molecule has 0 aliphatic carbocycles. The first kappa shape index (κ1) is 12.9. The number of nitrogens with two attached hydrogens (primary N) is 1. The summed E-state index contributed by atoms with van der Waals surface area (Å²) in [5, 5.41) is 3.96. The second-order valence-corrected chi connectivity index (χ2v) is 4.77. The predicted molar refractivity (Wildman–Crippen MR) is 81.1 cm³/mol. The fourth-order valence-electron chi connectivity index (χ4n) is 1.67. The van der Waals surface area contributed by atoms with Gasteiger partial charge in [0.15, 0.2) is 0 Å². The van der Waals surface area contributed by atoms with Crippen LogP contribution in [0.2, 0.25) is 5.02 Å². The van der Waals surface area contributed by atoms with Gasteiger partial charge in [0.2, 0.25) is 0 Å². The molecule has 0 spiro atoms. The number of hydrogen-bond donors (Lipinski definition) is 2. The van der Waals surface area contributed by atoms with Crippen LogP contribution < -0.4 is 11.1 Å². The first-order chi connectivity index (χ1) is 8.66. The summed E-state index contributed by atoms with van der Waals surface area (Å²) >= 11 is 11.0. The summed E-state index contributed by atoms with van der Waals surface area (Å²) < 4.78 is 0. The highest BCUT2D eigenvalue weighted by atomic mass is 35.5. The summed E-state index contributed by atoms with van der Waals surface area (Å²) in [6, 6.07) is 15.5. The van der Waals surface area contributed by atoms with E-state index in [4.69, 9.17) is 29.6 Å². The summed E-state index contributed by atoms with van der Waals surface area (Å²) in [6.07, 6.45) is 0. The van der Waals surface area contributed by atoms with Crippen molar-refractivity contribution in [1.29, 1.82) is 0 Å². The van der Waals surface area contributed by atoms with Crippen molar-refractivity contribution in [1.82, 2.24) is 0 Å². The Balaban J connectivity index is 2.18. The molecule has 18 heavy (non-hydrogen) atoms. The van der Waals surface area contributed by atoms with Crippen molar-refractivity contribution in [2.45, 2.75) is 6.54 Å². The molecule has 2 aromatic rings. The third-order valence-corrected chi connectivity index (χ3v) is 3.03. The Kier molecular flexibility index (Phi) is 4.18. The van der Waals surface area contributed by atoms with Gasteiger partial charge in [-0.25, -0.2) is 0 Å². The van der Waals surface area contributed by atoms with E-state index in [9.17, 15) is 0 Å². The maximum atomic E-state index is 5.98. The lowest BCUT2D eigenvalue weighted by Crippen LogP contribution is -2.13. The minimum absolute atomic E-state index is 0.363. The number of thiocarbonyl (C=S) groups is 1. The Hall–Kier alpha value is -1.58. The molecular weight excluding hydrogens is 264 g/mol. The Morgan fingerprint density at radius 3 is 2.56 bits per heavy atom. The highest BCUT2D eigenvalue weighted by Gasteiger charge is 2.05. The molecule has 0 unspecified atom stereocenters. The maximum Gasteiger partial charge on any atom is 0.106 e. The van der Waals surface area contributed by atoms with Crippen LogP contribution in [-0.2, 0) is 6.54 Å². The molecule has 0 amide bonds. The van der Waals surface area contributed by atoms with Gasteiger partial charge in [-0.05, 0) is 23.8 Å². The predicted octanol–water partition coefficient (Wildman–Crippen LogP) is 3.59. The highest BCUT2D eigenvalue weighted by Crippen LogP contribution is 2.21. The van der Waals surface area contributed by atoms with E-state index in [2.05, 4.69) is 17.4 Å². The van der Waals surface area contributed by atoms with Crippen LogP contribution in [0.3, 0.4) is 0 Å². The van der Waals surface area contributed by atoms with Crippen molar-refractivity contribution in [3.05, 3.63) is 64.7 Å². The molecule has 0 heterocycles. The van der Waals surface area contributed by atoms with E-state index in [0.29, 0.717) is 16.6 Å². The lowest BCUT2D eigenvalue weighted by molar-refractivity contribution is 1.15. The van der Waals surface area contributed by atoms with Gasteiger partial charge in [-0.1, -0.05) is 54.2 Å². The molecule has 0 aliphatic heterocycles. The third-order valence-electron chi connectivity index (χ3n) is 2.57. The molecule has 4 heteroatoms. The van der Waals surface area contributed by atoms with Crippen LogP contribution in [0.15, 0.2) is 48.5 Å². The topological polar surface area (TPSA) is 38.0 Å². The molecule has 2 rings (SSSR count). The minimum atomic E-state index is 0.363. The molecule has 0 bridgehead atoms. The smallest absolute Gasteiger partial charge is 0.106 e. The van der Waals surface area contributed by atoms with Crippen molar-refractivity contribution in [2.24, 2.45) is 5.73 Å². The molecule has 2 nitrogen and oxygen atoms in total. The number of anilines is 1. The number of rotatable bonds is 4. The molecule has 0 radical (unpaired) electrons. The summed E-state index contributed by atoms with van der Waals surface area (Å²) in [5.41, 5.74) is 8.54. The largest absolute Gasteiger partial charge is 0.389 e. The molecule has 3 N–H and O–H groups in total. The lowest BCUT2D eigenvalue weighted by Gasteiger charge is -2.11. The zero-order chi connectivity index (χ0) is 13.0. The van der Waals surface area contributed by atoms with E-state index < -0.39 is 0 Å². The van der Waals surface area contributed by atoms with Gasteiger partial charge in [-0.15, -0.1) is 0 Å². The molecule has 0 fully saturated rings. The molecule has 2 aromatic carbocycles. The lowest BCUT2D eigenvalue weighted by atomic mass is 10.1. The monoisotopic (exact) mass is 276 g/mol. The quantitative estimate of drug-likeness (QED) is 0.838. The van der Waals surface area contributed by atoms with Crippen molar-refractivity contribution in [3.8, 4) is 0 Å². The van der Waals surface area contributed by atoms with Crippen LogP contribution in [0.4, 0.5) is 5.69 Å². The first-order valence-corrected chi connectivity index (χ1v) is 6.32. The average molecular weight is 277 g/mol. The van der Waals surface area contributed by atoms with Crippen molar-refractivity contribution in [3.63, 3.8) is 0 Å². The van der Waals surface area contributed by atoms with E-state index in [1.807, 2.05) is 30.3 Å². The van der Waals surface area contributed by atoms with Crippen LogP contribution >= 0.6 is 23.8 Å². The molecule has 0 atom stereocenters. The van der Waals surface area contributed by atoms with Crippen LogP contribution in [0.1, 0.15) is 11.1 Å². The second-order valence-electron chi connectivity index (χ2n) is 3.89. The summed E-state index contributed by atoms with van der Waals surface area (Å²) in [6.45, 7) is 0.705. The van der Waals surface area contributed by atoms with Crippen LogP contribution in [0.5, 0.6) is 0 Å². The summed E-state index contributed by atoms with van der Waals surface area (Å²) in [4.78, 5) is 0.363. The van der Waals surface area contributed by atoms with Gasteiger partial charge in [0.05, 0.1) is 0 Å². The van der Waals surface area contributed by atoms with Gasteiger partial charge in [0.1, 0.15) is 4.99 Å². The SMILES string of the molecule is NC(=S)c1ccc(Cl)cc1NCc1ccccc1. The number of halogens is 1. The average Bonchev–Trinajstić information content (AvgIpc) is 2.37. The van der Waals surface area contributed by atoms with Gasteiger partial charge in [0.25, 0.3) is 0 Å². The van der Waals surface area contributed by atoms with Crippen molar-refractivity contribution in [2.75, 3.05) is 5.32 Å². The van der Waals surface area contributed by atoms with Crippen LogP contribution in [0, 0.1) is 0 Å². The molecule has 0 aromatic heterocycles. The molecular formula is C14H13ClN2S. The molecule has 0 saturated heterocycles. The van der Waals surface area contributed by atoms with Gasteiger partial charge >= 0.3 is 0 Å². The van der Waals surface area contributed by atoms with Crippen LogP contribution in [0.25, 0.3) is 0 Å². The number of nitrogens with one attached hydrogen (secondary N) is 1. The van der Waals surface area contributed by atoms with Gasteiger partial charge < -0.3 is 11.1 Å².